The highest BCUT2D eigenvalue weighted by atomic mass is 35.5. The molecule has 9 atom stereocenters. The van der Waals surface area contributed by atoms with Gasteiger partial charge in [-0.25, -0.2) is 13.1 Å². The molecule has 1 amide bonds. The van der Waals surface area contributed by atoms with Gasteiger partial charge in [-0.2, -0.15) is 0 Å². The fourth-order valence-electron chi connectivity index (χ4n) is 10.4. The van der Waals surface area contributed by atoms with Gasteiger partial charge in [0.05, 0.1) is 4.90 Å². The second-order valence-electron chi connectivity index (χ2n) is 13.9. The van der Waals surface area contributed by atoms with Gasteiger partial charge in [0.25, 0.3) is 10.0 Å². The zero-order chi connectivity index (χ0) is 27.3. The Morgan fingerprint density at radius 3 is 2.42 bits per heavy atom. The Bertz CT molecular complexity index is 1120. The topological polar surface area (TPSA) is 63.2 Å². The van der Waals surface area contributed by atoms with Crippen LogP contribution in [0.1, 0.15) is 105 Å². The van der Waals surface area contributed by atoms with E-state index in [1.54, 1.807) is 0 Å². The molecule has 0 spiro atoms. The Morgan fingerprint density at radius 2 is 1.71 bits per heavy atom. The van der Waals surface area contributed by atoms with Crippen LogP contribution >= 0.6 is 11.6 Å². The van der Waals surface area contributed by atoms with Crippen molar-refractivity contribution in [3.63, 3.8) is 0 Å². The van der Waals surface area contributed by atoms with E-state index < -0.39 is 15.9 Å². The van der Waals surface area contributed by atoms with E-state index in [-0.39, 0.29) is 11.3 Å². The van der Waals surface area contributed by atoms with Crippen LogP contribution in [0.2, 0.25) is 5.02 Å². The predicted octanol–water partition coefficient (Wildman–Crippen LogP) is 8.25. The number of nitrogens with one attached hydrogen (secondary N) is 1. The van der Waals surface area contributed by atoms with E-state index in [0.29, 0.717) is 27.7 Å². The van der Waals surface area contributed by atoms with Gasteiger partial charge in [-0.3, -0.25) is 4.79 Å². The van der Waals surface area contributed by atoms with E-state index >= 15 is 0 Å². The second-order valence-corrected chi connectivity index (χ2v) is 16.0. The van der Waals surface area contributed by atoms with Crippen LogP contribution in [0.3, 0.4) is 0 Å². The van der Waals surface area contributed by atoms with Gasteiger partial charge in [0.1, 0.15) is 0 Å². The lowest BCUT2D eigenvalue weighted by Crippen LogP contribution is -2.55. The highest BCUT2D eigenvalue weighted by Gasteiger charge is 2.61. The molecule has 0 radical (unpaired) electrons. The van der Waals surface area contributed by atoms with Gasteiger partial charge < -0.3 is 0 Å². The smallest absolute Gasteiger partial charge is 0.264 e. The summed E-state index contributed by atoms with van der Waals surface area (Å²) in [6, 6.07) is 5.91. The lowest BCUT2D eigenvalue weighted by molar-refractivity contribution is -0.138. The molecule has 5 rings (SSSR count). The number of halogens is 1. The third-order valence-electron chi connectivity index (χ3n) is 12.2. The van der Waals surface area contributed by atoms with E-state index in [1.165, 1.54) is 88.5 Å². The summed E-state index contributed by atoms with van der Waals surface area (Å²) >= 11 is 5.88. The number of sulfonamides is 1. The maximum atomic E-state index is 12.7. The number of benzene rings is 1. The van der Waals surface area contributed by atoms with Crippen LogP contribution < -0.4 is 4.72 Å². The third kappa shape index (κ3) is 4.97. The van der Waals surface area contributed by atoms with Crippen molar-refractivity contribution < 1.29 is 13.2 Å². The minimum atomic E-state index is -3.87. The van der Waals surface area contributed by atoms with Crippen molar-refractivity contribution in [2.45, 2.75) is 110 Å². The Hall–Kier alpha value is -1.07. The van der Waals surface area contributed by atoms with Gasteiger partial charge in [-0.05, 0) is 128 Å². The first-order valence-corrected chi connectivity index (χ1v) is 17.2. The van der Waals surface area contributed by atoms with E-state index in [4.69, 9.17) is 11.6 Å². The van der Waals surface area contributed by atoms with Crippen LogP contribution in [0.5, 0.6) is 0 Å². The molecule has 4 aliphatic rings. The summed E-state index contributed by atoms with van der Waals surface area (Å²) in [6.45, 7) is 9.98. The van der Waals surface area contributed by atoms with Crippen LogP contribution in [0.25, 0.3) is 0 Å². The molecule has 3 unspecified atom stereocenters. The molecule has 4 saturated carbocycles. The van der Waals surface area contributed by atoms with Gasteiger partial charge in [-0.15, -0.1) is 0 Å². The van der Waals surface area contributed by atoms with Crippen LogP contribution in [0.4, 0.5) is 0 Å². The van der Waals surface area contributed by atoms with Gasteiger partial charge in [0.15, 0.2) is 0 Å². The minimum Gasteiger partial charge on any atom is -0.274 e. The van der Waals surface area contributed by atoms with Crippen LogP contribution in [-0.4, -0.2) is 14.3 Å². The normalized spacial score (nSPS) is 39.5. The third-order valence-corrected chi connectivity index (χ3v) is 13.9. The predicted molar refractivity (Wildman–Crippen MR) is 154 cm³/mol. The highest BCUT2D eigenvalue weighted by molar-refractivity contribution is 7.90. The van der Waals surface area contributed by atoms with Gasteiger partial charge >= 0.3 is 0 Å². The van der Waals surface area contributed by atoms with Crippen LogP contribution in [0.15, 0.2) is 29.2 Å². The van der Waals surface area contributed by atoms with Crippen molar-refractivity contribution in [3.05, 3.63) is 29.3 Å². The molecule has 4 fully saturated rings. The fourth-order valence-corrected chi connectivity index (χ4v) is 11.6. The quantitative estimate of drug-likeness (QED) is 0.364. The Morgan fingerprint density at radius 1 is 1.00 bits per heavy atom. The summed E-state index contributed by atoms with van der Waals surface area (Å²) in [5.74, 6) is 5.01. The lowest BCUT2D eigenvalue weighted by atomic mass is 9.42. The standard InChI is InChI=1S/C32H48ClNO3S/c1-5-22-20-25-28-15-14-26(32(28,4)19-17-29(25)31(3)18-7-6-8-27(22)31)21(2)9-16-30(35)34-38(36,37)24-12-10-23(33)11-13-24/h10-13,21-22,25-29H,5-9,14-20H2,1-4H3,(H,34,35)/t21-,22+,25?,26-,27+,28?,29?,31+,32-/m1/s1. The van der Waals surface area contributed by atoms with Gasteiger partial charge in [-0.1, -0.05) is 58.6 Å². The molecule has 4 aliphatic carbocycles. The van der Waals surface area contributed by atoms with E-state index in [2.05, 4.69) is 32.4 Å². The Balaban J connectivity index is 1.23. The van der Waals surface area contributed by atoms with Crippen molar-refractivity contribution in [2.24, 2.45) is 52.3 Å². The minimum absolute atomic E-state index is 0.0676. The molecule has 6 heteroatoms. The number of fused-ring (bicyclic) bond motifs is 5. The number of carbonyl (C=O) groups is 1. The van der Waals surface area contributed by atoms with Gasteiger partial charge in [0, 0.05) is 11.4 Å². The molecule has 0 aliphatic heterocycles. The maximum absolute atomic E-state index is 12.7. The van der Waals surface area contributed by atoms with Gasteiger partial charge in [0.2, 0.25) is 5.91 Å². The number of amides is 1. The summed E-state index contributed by atoms with van der Waals surface area (Å²) in [5.41, 5.74) is 0.892. The van der Waals surface area contributed by atoms with Crippen molar-refractivity contribution in [2.75, 3.05) is 0 Å². The molecule has 1 aromatic carbocycles. The fraction of sp³-hybridized carbons (Fsp3) is 0.781. The molecular formula is C32H48ClNO3S. The first-order valence-electron chi connectivity index (χ1n) is 15.3. The molecule has 38 heavy (non-hydrogen) atoms. The zero-order valence-electron chi connectivity index (χ0n) is 23.8. The Kier molecular flexibility index (Phi) is 8.03. The molecule has 0 aromatic heterocycles. The molecule has 0 saturated heterocycles. The largest absolute Gasteiger partial charge is 0.274 e. The monoisotopic (exact) mass is 561 g/mol. The molecular weight excluding hydrogens is 514 g/mol. The highest BCUT2D eigenvalue weighted by Crippen LogP contribution is 2.69. The second kappa shape index (κ2) is 10.7. The molecule has 212 valence electrons. The summed E-state index contributed by atoms with van der Waals surface area (Å²) in [6.07, 6.45) is 14.8. The summed E-state index contributed by atoms with van der Waals surface area (Å²) in [7, 11) is -3.87. The average Bonchev–Trinajstić information content (AvgIpc) is 3.24. The zero-order valence-corrected chi connectivity index (χ0v) is 25.4. The number of carbonyl (C=O) groups excluding carboxylic acids is 1. The summed E-state index contributed by atoms with van der Waals surface area (Å²) in [5, 5.41) is 0.465. The molecule has 1 aromatic rings. The first kappa shape index (κ1) is 28.5. The van der Waals surface area contributed by atoms with Crippen molar-refractivity contribution in [1.82, 2.24) is 4.72 Å². The number of hydrogen-bond acceptors (Lipinski definition) is 3. The SMILES string of the molecule is CC[C@H]1CC2C3CC[C@H]([C@H](C)CCC(=O)NS(=O)(=O)c4ccc(Cl)cc4)[C@@]3(C)CCC2[C@@]2(C)CCCC[C@@H]12. The molecule has 0 bridgehead atoms. The maximum Gasteiger partial charge on any atom is 0.264 e. The van der Waals surface area contributed by atoms with Crippen molar-refractivity contribution in [1.29, 1.82) is 0 Å². The van der Waals surface area contributed by atoms with E-state index in [1.807, 2.05) is 0 Å². The van der Waals surface area contributed by atoms with Crippen LogP contribution in [0, 0.1) is 52.3 Å². The lowest BCUT2D eigenvalue weighted by Gasteiger charge is -2.63. The first-order chi connectivity index (χ1) is 18.0. The Labute approximate surface area is 236 Å². The summed E-state index contributed by atoms with van der Waals surface area (Å²) in [4.78, 5) is 12.8. The van der Waals surface area contributed by atoms with Crippen molar-refractivity contribution in [3.8, 4) is 0 Å². The van der Waals surface area contributed by atoms with E-state index in [0.717, 1.165) is 36.0 Å². The van der Waals surface area contributed by atoms with E-state index in [9.17, 15) is 13.2 Å². The number of hydrogen-bond donors (Lipinski definition) is 1. The van der Waals surface area contributed by atoms with Crippen LogP contribution in [-0.2, 0) is 14.8 Å². The number of rotatable bonds is 7. The summed E-state index contributed by atoms with van der Waals surface area (Å²) < 4.78 is 27.5. The molecule has 0 heterocycles. The molecule has 1 N–H and O–H groups in total. The van der Waals surface area contributed by atoms with Crippen molar-refractivity contribution >= 4 is 27.5 Å². The average molecular weight is 562 g/mol. The molecule has 4 nitrogen and oxygen atoms in total.